The Morgan fingerprint density at radius 2 is 2.00 bits per heavy atom. The zero-order valence-electron chi connectivity index (χ0n) is 10.5. The van der Waals surface area contributed by atoms with E-state index in [0.29, 0.717) is 0 Å². The summed E-state index contributed by atoms with van der Waals surface area (Å²) in [6.07, 6.45) is 3.99. The van der Waals surface area contributed by atoms with E-state index in [1.807, 2.05) is 6.20 Å². The fraction of sp³-hybridized carbons (Fsp3) is 0.750. The van der Waals surface area contributed by atoms with Gasteiger partial charge in [-0.2, -0.15) is 0 Å². The molecule has 1 aromatic rings. The van der Waals surface area contributed by atoms with Gasteiger partial charge in [-0.15, -0.1) is 0 Å². The highest BCUT2D eigenvalue weighted by Crippen LogP contribution is 2.17. The normalized spacial score (nSPS) is 18.9. The third-order valence-electron chi connectivity index (χ3n) is 3.01. The minimum absolute atomic E-state index is 0.125. The first-order valence-corrected chi connectivity index (χ1v) is 6.03. The minimum Gasteiger partial charge on any atom is -0.329 e. The molecular weight excluding hydrogens is 200 g/mol. The van der Waals surface area contributed by atoms with Crippen molar-refractivity contribution in [1.29, 1.82) is 0 Å². The molecule has 1 saturated heterocycles. The van der Waals surface area contributed by atoms with Crippen LogP contribution in [0.1, 0.15) is 26.6 Å². The molecule has 4 heteroatoms. The largest absolute Gasteiger partial charge is 0.329 e. The maximum atomic E-state index is 4.48. The van der Waals surface area contributed by atoms with Crippen LogP contribution in [-0.4, -0.2) is 40.6 Å². The Morgan fingerprint density at radius 1 is 1.31 bits per heavy atom. The molecule has 0 bridgehead atoms. The summed E-state index contributed by atoms with van der Waals surface area (Å²) in [4.78, 5) is 6.94. The van der Waals surface area contributed by atoms with E-state index in [1.54, 1.807) is 0 Å². The molecule has 4 nitrogen and oxygen atoms in total. The van der Waals surface area contributed by atoms with Crippen LogP contribution in [0.4, 0.5) is 0 Å². The van der Waals surface area contributed by atoms with Gasteiger partial charge in [-0.25, -0.2) is 4.98 Å². The molecule has 2 heterocycles. The standard InChI is InChI=1S/C12H22N4/c1-12(2,3)16-9-6-14-11(16)10-15-7-4-13-5-8-15/h6,9,13H,4-5,7-8,10H2,1-3H3. The number of hydrogen-bond donors (Lipinski definition) is 1. The van der Waals surface area contributed by atoms with Crippen molar-refractivity contribution in [1.82, 2.24) is 19.8 Å². The smallest absolute Gasteiger partial charge is 0.123 e. The number of rotatable bonds is 2. The molecule has 1 aromatic heterocycles. The van der Waals surface area contributed by atoms with Crippen LogP contribution >= 0.6 is 0 Å². The number of aromatic nitrogens is 2. The fourth-order valence-electron chi connectivity index (χ4n) is 2.13. The van der Waals surface area contributed by atoms with Crippen LogP contribution in [0.25, 0.3) is 0 Å². The Balaban J connectivity index is 2.06. The summed E-state index contributed by atoms with van der Waals surface area (Å²) in [5, 5.41) is 3.37. The Hall–Kier alpha value is -0.870. The topological polar surface area (TPSA) is 33.1 Å². The molecule has 0 spiro atoms. The first-order chi connectivity index (χ1) is 7.57. The molecule has 0 unspecified atom stereocenters. The van der Waals surface area contributed by atoms with Gasteiger partial charge < -0.3 is 9.88 Å². The fourth-order valence-corrected chi connectivity index (χ4v) is 2.13. The molecule has 1 fully saturated rings. The molecule has 16 heavy (non-hydrogen) atoms. The summed E-state index contributed by atoms with van der Waals surface area (Å²) >= 11 is 0. The van der Waals surface area contributed by atoms with Crippen LogP contribution in [0.15, 0.2) is 12.4 Å². The van der Waals surface area contributed by atoms with Crippen molar-refractivity contribution in [2.75, 3.05) is 26.2 Å². The van der Waals surface area contributed by atoms with Gasteiger partial charge in [-0.3, -0.25) is 4.90 Å². The van der Waals surface area contributed by atoms with Crippen molar-refractivity contribution in [3.63, 3.8) is 0 Å². The van der Waals surface area contributed by atoms with Gasteiger partial charge in [-0.05, 0) is 20.8 Å². The van der Waals surface area contributed by atoms with Crippen molar-refractivity contribution in [2.45, 2.75) is 32.9 Å². The van der Waals surface area contributed by atoms with Crippen LogP contribution in [0, 0.1) is 0 Å². The van der Waals surface area contributed by atoms with Gasteiger partial charge in [0.2, 0.25) is 0 Å². The number of piperazine rings is 1. The lowest BCUT2D eigenvalue weighted by molar-refractivity contribution is 0.218. The molecule has 0 aliphatic carbocycles. The van der Waals surface area contributed by atoms with Gasteiger partial charge in [0.1, 0.15) is 5.82 Å². The van der Waals surface area contributed by atoms with E-state index in [9.17, 15) is 0 Å². The quantitative estimate of drug-likeness (QED) is 0.812. The van der Waals surface area contributed by atoms with E-state index in [-0.39, 0.29) is 5.54 Å². The molecule has 1 aliphatic rings. The van der Waals surface area contributed by atoms with Gasteiger partial charge in [0.25, 0.3) is 0 Å². The molecule has 1 aliphatic heterocycles. The maximum absolute atomic E-state index is 4.48. The van der Waals surface area contributed by atoms with Crippen molar-refractivity contribution in [2.24, 2.45) is 0 Å². The summed E-state index contributed by atoms with van der Waals surface area (Å²) in [6, 6.07) is 0. The number of hydrogen-bond acceptors (Lipinski definition) is 3. The zero-order chi connectivity index (χ0) is 11.6. The molecule has 0 radical (unpaired) electrons. The van der Waals surface area contributed by atoms with Crippen molar-refractivity contribution in [3.05, 3.63) is 18.2 Å². The van der Waals surface area contributed by atoms with Gasteiger partial charge in [0.05, 0.1) is 6.54 Å². The van der Waals surface area contributed by atoms with E-state index in [4.69, 9.17) is 0 Å². The van der Waals surface area contributed by atoms with E-state index < -0.39 is 0 Å². The zero-order valence-corrected chi connectivity index (χ0v) is 10.5. The predicted molar refractivity (Wildman–Crippen MR) is 65.4 cm³/mol. The van der Waals surface area contributed by atoms with Crippen molar-refractivity contribution in [3.8, 4) is 0 Å². The van der Waals surface area contributed by atoms with Crippen LogP contribution in [-0.2, 0) is 12.1 Å². The Kier molecular flexibility index (Phi) is 3.30. The first kappa shape index (κ1) is 11.6. The highest BCUT2D eigenvalue weighted by Gasteiger charge is 2.19. The summed E-state index contributed by atoms with van der Waals surface area (Å²) < 4.78 is 2.27. The highest BCUT2D eigenvalue weighted by atomic mass is 15.2. The van der Waals surface area contributed by atoms with Gasteiger partial charge in [0, 0.05) is 44.1 Å². The second-order valence-corrected chi connectivity index (χ2v) is 5.41. The third-order valence-corrected chi connectivity index (χ3v) is 3.01. The molecule has 0 saturated carbocycles. The van der Waals surface area contributed by atoms with Crippen LogP contribution < -0.4 is 5.32 Å². The second kappa shape index (κ2) is 4.55. The van der Waals surface area contributed by atoms with Gasteiger partial charge in [0.15, 0.2) is 0 Å². The lowest BCUT2D eigenvalue weighted by Crippen LogP contribution is -2.43. The maximum Gasteiger partial charge on any atom is 0.123 e. The van der Waals surface area contributed by atoms with Gasteiger partial charge in [-0.1, -0.05) is 0 Å². The summed E-state index contributed by atoms with van der Waals surface area (Å²) in [7, 11) is 0. The van der Waals surface area contributed by atoms with Crippen molar-refractivity contribution >= 4 is 0 Å². The van der Waals surface area contributed by atoms with E-state index in [0.717, 1.165) is 32.7 Å². The molecule has 0 aromatic carbocycles. The van der Waals surface area contributed by atoms with E-state index in [1.165, 1.54) is 5.82 Å². The average molecular weight is 222 g/mol. The molecule has 0 amide bonds. The lowest BCUT2D eigenvalue weighted by Gasteiger charge is -2.29. The molecular formula is C12H22N4. The Labute approximate surface area is 97.7 Å². The van der Waals surface area contributed by atoms with Crippen LogP contribution in [0.3, 0.4) is 0 Å². The monoisotopic (exact) mass is 222 g/mol. The predicted octanol–water partition coefficient (Wildman–Crippen LogP) is 1.04. The summed E-state index contributed by atoms with van der Waals surface area (Å²) in [5.74, 6) is 1.18. The summed E-state index contributed by atoms with van der Waals surface area (Å²) in [5.41, 5.74) is 0.125. The number of nitrogens with zero attached hydrogens (tertiary/aromatic N) is 3. The first-order valence-electron chi connectivity index (χ1n) is 6.03. The number of imidazole rings is 1. The second-order valence-electron chi connectivity index (χ2n) is 5.41. The average Bonchev–Trinajstić information content (AvgIpc) is 2.67. The highest BCUT2D eigenvalue weighted by molar-refractivity contribution is 4.97. The molecule has 1 N–H and O–H groups in total. The van der Waals surface area contributed by atoms with E-state index >= 15 is 0 Å². The number of nitrogens with one attached hydrogen (secondary N) is 1. The third kappa shape index (κ3) is 2.62. The Bertz CT molecular complexity index is 331. The van der Waals surface area contributed by atoms with Crippen LogP contribution in [0.2, 0.25) is 0 Å². The Morgan fingerprint density at radius 3 is 2.62 bits per heavy atom. The molecule has 0 atom stereocenters. The SMILES string of the molecule is CC(C)(C)n1ccnc1CN1CCNCC1. The summed E-state index contributed by atoms with van der Waals surface area (Å²) in [6.45, 7) is 12.0. The van der Waals surface area contributed by atoms with Crippen molar-refractivity contribution < 1.29 is 0 Å². The van der Waals surface area contributed by atoms with E-state index in [2.05, 4.69) is 46.7 Å². The van der Waals surface area contributed by atoms with Crippen LogP contribution in [0.5, 0.6) is 0 Å². The molecule has 90 valence electrons. The molecule has 2 rings (SSSR count). The van der Waals surface area contributed by atoms with Gasteiger partial charge >= 0.3 is 0 Å². The lowest BCUT2D eigenvalue weighted by atomic mass is 10.1. The minimum atomic E-state index is 0.125.